The molecule has 0 saturated heterocycles. The van der Waals surface area contributed by atoms with Gasteiger partial charge in [-0.1, -0.05) is 31.2 Å². The smallest absolute Gasteiger partial charge is 0.222 e. The molecule has 0 unspecified atom stereocenters. The van der Waals surface area contributed by atoms with Gasteiger partial charge in [0.15, 0.2) is 0 Å². The van der Waals surface area contributed by atoms with E-state index in [4.69, 9.17) is 4.74 Å². The fraction of sp³-hybridized carbons (Fsp3) is 0.400. The van der Waals surface area contributed by atoms with E-state index in [0.717, 1.165) is 38.0 Å². The van der Waals surface area contributed by atoms with E-state index in [2.05, 4.69) is 48.0 Å². The molecule has 4 nitrogen and oxygen atoms in total. The quantitative estimate of drug-likeness (QED) is 0.510. The van der Waals surface area contributed by atoms with Crippen LogP contribution in [0, 0.1) is 0 Å². The maximum Gasteiger partial charge on any atom is 0.222 e. The zero-order chi connectivity index (χ0) is 20.8. The minimum absolute atomic E-state index is 0.192. The minimum atomic E-state index is 0.192. The standard InChI is InChI=1S/C25H32N2O2/c1-5-15-27-18-21(17-20-10-6-7-11-24(20)29-4)22-16-19(13-14-23(22)27)9-8-12-25(28)26(2)3/h6-7,10-11,13-14,16,18H,5,8-9,12,15,17H2,1-4H3. The lowest BCUT2D eigenvalue weighted by atomic mass is 10.0. The van der Waals surface area contributed by atoms with Crippen molar-refractivity contribution in [1.29, 1.82) is 0 Å². The van der Waals surface area contributed by atoms with Crippen molar-refractivity contribution < 1.29 is 9.53 Å². The third-order valence-electron chi connectivity index (χ3n) is 5.42. The van der Waals surface area contributed by atoms with Crippen LogP contribution >= 0.6 is 0 Å². The van der Waals surface area contributed by atoms with Crippen molar-refractivity contribution in [2.75, 3.05) is 21.2 Å². The predicted octanol–water partition coefficient (Wildman–Crippen LogP) is 5.06. The van der Waals surface area contributed by atoms with Gasteiger partial charge >= 0.3 is 0 Å². The largest absolute Gasteiger partial charge is 0.496 e. The first-order valence-electron chi connectivity index (χ1n) is 10.5. The number of rotatable bonds is 9. The van der Waals surface area contributed by atoms with E-state index in [9.17, 15) is 4.79 Å². The number of carbonyl (C=O) groups excluding carboxylic acids is 1. The molecular formula is C25H32N2O2. The van der Waals surface area contributed by atoms with Crippen molar-refractivity contribution >= 4 is 16.8 Å². The van der Waals surface area contributed by atoms with E-state index in [-0.39, 0.29) is 5.91 Å². The van der Waals surface area contributed by atoms with Crippen LogP contribution in [0.2, 0.25) is 0 Å². The monoisotopic (exact) mass is 392 g/mol. The van der Waals surface area contributed by atoms with E-state index in [1.165, 1.54) is 27.6 Å². The summed E-state index contributed by atoms with van der Waals surface area (Å²) in [4.78, 5) is 13.5. The number of carbonyl (C=O) groups is 1. The van der Waals surface area contributed by atoms with Crippen molar-refractivity contribution in [3.8, 4) is 5.75 Å². The third kappa shape index (κ3) is 5.00. The fourth-order valence-electron chi connectivity index (χ4n) is 3.86. The molecule has 0 bridgehead atoms. The molecule has 0 aliphatic rings. The van der Waals surface area contributed by atoms with Gasteiger partial charge in [0.2, 0.25) is 5.91 Å². The van der Waals surface area contributed by atoms with Crippen LogP contribution in [0.5, 0.6) is 5.75 Å². The molecule has 0 fully saturated rings. The number of para-hydroxylation sites is 1. The molecule has 1 aromatic heterocycles. The van der Waals surface area contributed by atoms with E-state index in [0.29, 0.717) is 6.42 Å². The number of hydrogen-bond acceptors (Lipinski definition) is 2. The SMILES string of the molecule is CCCn1cc(Cc2ccccc2OC)c2cc(CCCC(=O)N(C)C)ccc21. The summed E-state index contributed by atoms with van der Waals surface area (Å²) < 4.78 is 7.92. The number of methoxy groups -OCH3 is 1. The molecule has 0 atom stereocenters. The van der Waals surface area contributed by atoms with Crippen molar-refractivity contribution in [1.82, 2.24) is 9.47 Å². The molecule has 0 saturated carbocycles. The van der Waals surface area contributed by atoms with Crippen LogP contribution in [0.25, 0.3) is 10.9 Å². The van der Waals surface area contributed by atoms with Gasteiger partial charge in [-0.05, 0) is 54.2 Å². The number of amides is 1. The second-order valence-electron chi connectivity index (χ2n) is 7.83. The number of aryl methyl sites for hydroxylation is 2. The summed E-state index contributed by atoms with van der Waals surface area (Å²) in [7, 11) is 5.36. The average molecular weight is 393 g/mol. The lowest BCUT2D eigenvalue weighted by molar-refractivity contribution is -0.128. The van der Waals surface area contributed by atoms with Crippen molar-refractivity contribution in [3.63, 3.8) is 0 Å². The van der Waals surface area contributed by atoms with Crippen molar-refractivity contribution in [2.45, 2.75) is 45.6 Å². The van der Waals surface area contributed by atoms with Gasteiger partial charge in [-0.15, -0.1) is 0 Å². The molecule has 154 valence electrons. The molecule has 0 N–H and O–H groups in total. The second kappa shape index (κ2) is 9.64. The molecule has 3 rings (SSSR count). The average Bonchev–Trinajstić information content (AvgIpc) is 3.05. The highest BCUT2D eigenvalue weighted by Gasteiger charge is 2.12. The maximum absolute atomic E-state index is 11.8. The van der Waals surface area contributed by atoms with Crippen LogP contribution < -0.4 is 4.74 Å². The van der Waals surface area contributed by atoms with Gasteiger partial charge in [-0.25, -0.2) is 0 Å². The van der Waals surface area contributed by atoms with Crippen LogP contribution in [0.15, 0.2) is 48.7 Å². The summed E-state index contributed by atoms with van der Waals surface area (Å²) in [6.45, 7) is 3.22. The number of aromatic nitrogens is 1. The topological polar surface area (TPSA) is 34.5 Å². The molecule has 29 heavy (non-hydrogen) atoms. The molecule has 4 heteroatoms. The summed E-state index contributed by atoms with van der Waals surface area (Å²) in [5, 5.41) is 1.31. The van der Waals surface area contributed by atoms with Crippen molar-refractivity contribution in [2.24, 2.45) is 0 Å². The van der Waals surface area contributed by atoms with Gasteiger partial charge in [0.05, 0.1) is 7.11 Å². The molecule has 1 amide bonds. The normalized spacial score (nSPS) is 11.0. The molecule has 0 spiro atoms. The Balaban J connectivity index is 1.88. The van der Waals surface area contributed by atoms with Crippen LogP contribution in [0.3, 0.4) is 0 Å². The summed E-state index contributed by atoms with van der Waals surface area (Å²) in [6, 6.07) is 15.0. The zero-order valence-electron chi connectivity index (χ0n) is 18.1. The van der Waals surface area contributed by atoms with Gasteiger partial charge in [0, 0.05) is 50.6 Å². The Morgan fingerprint density at radius 2 is 1.90 bits per heavy atom. The molecule has 2 aromatic carbocycles. The van der Waals surface area contributed by atoms with E-state index < -0.39 is 0 Å². The summed E-state index contributed by atoms with van der Waals surface area (Å²) in [6.07, 6.45) is 6.63. The van der Waals surface area contributed by atoms with Crippen LogP contribution in [0.4, 0.5) is 0 Å². The first-order chi connectivity index (χ1) is 14.0. The molecule has 0 aliphatic heterocycles. The van der Waals surface area contributed by atoms with Gasteiger partial charge < -0.3 is 14.2 Å². The Kier molecular flexibility index (Phi) is 6.97. The molecule has 0 radical (unpaired) electrons. The Morgan fingerprint density at radius 3 is 2.62 bits per heavy atom. The number of nitrogens with zero attached hydrogens (tertiary/aromatic N) is 2. The van der Waals surface area contributed by atoms with Crippen LogP contribution in [-0.4, -0.2) is 36.6 Å². The highest BCUT2D eigenvalue weighted by atomic mass is 16.5. The van der Waals surface area contributed by atoms with E-state index >= 15 is 0 Å². The summed E-state index contributed by atoms with van der Waals surface area (Å²) >= 11 is 0. The maximum atomic E-state index is 11.8. The predicted molar refractivity (Wildman–Crippen MR) is 120 cm³/mol. The first kappa shape index (κ1) is 21.0. The van der Waals surface area contributed by atoms with Gasteiger partial charge in [0.25, 0.3) is 0 Å². The molecule has 1 heterocycles. The number of ether oxygens (including phenoxy) is 1. The summed E-state index contributed by atoms with van der Waals surface area (Å²) in [5.74, 6) is 1.12. The minimum Gasteiger partial charge on any atom is -0.496 e. The molecular weight excluding hydrogens is 360 g/mol. The Bertz CT molecular complexity index is 972. The van der Waals surface area contributed by atoms with E-state index in [1.54, 1.807) is 12.0 Å². The first-order valence-corrected chi connectivity index (χ1v) is 10.5. The third-order valence-corrected chi connectivity index (χ3v) is 5.42. The lowest BCUT2D eigenvalue weighted by Gasteiger charge is -2.10. The van der Waals surface area contributed by atoms with Gasteiger partial charge in [-0.3, -0.25) is 4.79 Å². The fourth-order valence-corrected chi connectivity index (χ4v) is 3.86. The van der Waals surface area contributed by atoms with Crippen LogP contribution in [-0.2, 0) is 24.2 Å². The molecule has 0 aliphatic carbocycles. The van der Waals surface area contributed by atoms with Gasteiger partial charge in [0.1, 0.15) is 5.75 Å². The Hall–Kier alpha value is -2.75. The number of hydrogen-bond donors (Lipinski definition) is 0. The van der Waals surface area contributed by atoms with Crippen molar-refractivity contribution in [3.05, 3.63) is 65.4 Å². The number of fused-ring (bicyclic) bond motifs is 1. The van der Waals surface area contributed by atoms with E-state index in [1.807, 2.05) is 26.2 Å². The highest BCUT2D eigenvalue weighted by molar-refractivity contribution is 5.85. The Labute approximate surface area is 174 Å². The number of benzene rings is 2. The second-order valence-corrected chi connectivity index (χ2v) is 7.83. The highest BCUT2D eigenvalue weighted by Crippen LogP contribution is 2.29. The van der Waals surface area contributed by atoms with Crippen LogP contribution in [0.1, 0.15) is 42.9 Å². The zero-order valence-corrected chi connectivity index (χ0v) is 18.1. The summed E-state index contributed by atoms with van der Waals surface area (Å²) in [5.41, 5.74) is 5.10. The lowest BCUT2D eigenvalue weighted by Crippen LogP contribution is -2.21. The Morgan fingerprint density at radius 1 is 1.10 bits per heavy atom. The molecule has 3 aromatic rings. The van der Waals surface area contributed by atoms with Gasteiger partial charge in [-0.2, -0.15) is 0 Å².